The van der Waals surface area contributed by atoms with Gasteiger partial charge in [0, 0.05) is 31.0 Å². The van der Waals surface area contributed by atoms with Crippen molar-refractivity contribution in [3.05, 3.63) is 47.3 Å². The molecule has 0 fully saturated rings. The maximum absolute atomic E-state index is 11.9. The fourth-order valence-electron chi connectivity index (χ4n) is 2.25. The highest BCUT2D eigenvalue weighted by molar-refractivity contribution is 5.92. The van der Waals surface area contributed by atoms with Gasteiger partial charge in [0.05, 0.1) is 12.2 Å². The van der Waals surface area contributed by atoms with Crippen LogP contribution in [-0.4, -0.2) is 22.2 Å². The molecule has 1 aromatic carbocycles. The zero-order valence-corrected chi connectivity index (χ0v) is 12.8. The number of nitrogens with zero attached hydrogens (tertiary/aromatic N) is 2. The maximum Gasteiger partial charge on any atom is 0.238 e. The fraction of sp³-hybridized carbons (Fsp3) is 0.375. The molecule has 5 nitrogen and oxygen atoms in total. The number of aryl methyl sites for hydroxylation is 3. The van der Waals surface area contributed by atoms with Crippen LogP contribution in [0.15, 0.2) is 30.5 Å². The van der Waals surface area contributed by atoms with Crippen LogP contribution in [0.2, 0.25) is 0 Å². The van der Waals surface area contributed by atoms with Gasteiger partial charge in [0.1, 0.15) is 0 Å². The van der Waals surface area contributed by atoms with E-state index in [2.05, 4.69) is 22.7 Å². The van der Waals surface area contributed by atoms with E-state index in [9.17, 15) is 4.79 Å². The summed E-state index contributed by atoms with van der Waals surface area (Å²) in [4.78, 5) is 11.9. The van der Waals surface area contributed by atoms with Gasteiger partial charge in [0.2, 0.25) is 5.91 Å². The number of amides is 1. The van der Waals surface area contributed by atoms with Crippen LogP contribution < -0.4 is 10.6 Å². The monoisotopic (exact) mass is 286 g/mol. The van der Waals surface area contributed by atoms with E-state index < -0.39 is 0 Å². The minimum absolute atomic E-state index is 0.0359. The van der Waals surface area contributed by atoms with E-state index in [0.717, 1.165) is 28.9 Å². The number of benzene rings is 1. The van der Waals surface area contributed by atoms with Gasteiger partial charge in [-0.3, -0.25) is 9.48 Å². The molecule has 1 amide bonds. The minimum Gasteiger partial charge on any atom is -0.325 e. The van der Waals surface area contributed by atoms with Crippen LogP contribution in [0, 0.1) is 6.92 Å². The molecule has 0 bridgehead atoms. The quantitative estimate of drug-likeness (QED) is 0.854. The summed E-state index contributed by atoms with van der Waals surface area (Å²) >= 11 is 0. The zero-order chi connectivity index (χ0) is 15.2. The molecule has 2 N–H and O–H groups in total. The fourth-order valence-corrected chi connectivity index (χ4v) is 2.25. The van der Waals surface area contributed by atoms with Crippen molar-refractivity contribution < 1.29 is 4.79 Å². The molecule has 0 aliphatic heterocycles. The molecule has 0 atom stereocenters. The molecule has 2 rings (SSSR count). The lowest BCUT2D eigenvalue weighted by Gasteiger charge is -2.08. The van der Waals surface area contributed by atoms with Crippen LogP contribution in [0.1, 0.15) is 23.7 Å². The van der Waals surface area contributed by atoms with E-state index in [4.69, 9.17) is 0 Å². The number of hydrogen-bond donors (Lipinski definition) is 2. The Bertz CT molecular complexity index is 618. The van der Waals surface area contributed by atoms with Gasteiger partial charge in [-0.05, 0) is 25.0 Å². The van der Waals surface area contributed by atoms with E-state index >= 15 is 0 Å². The summed E-state index contributed by atoms with van der Waals surface area (Å²) in [6.45, 7) is 4.99. The van der Waals surface area contributed by atoms with Crippen molar-refractivity contribution in [2.45, 2.75) is 26.8 Å². The van der Waals surface area contributed by atoms with E-state index in [1.165, 1.54) is 0 Å². The van der Waals surface area contributed by atoms with Gasteiger partial charge in [0.25, 0.3) is 0 Å². The normalized spacial score (nSPS) is 10.6. The summed E-state index contributed by atoms with van der Waals surface area (Å²) in [5.74, 6) is -0.0359. The number of aromatic nitrogens is 2. The number of hydrogen-bond acceptors (Lipinski definition) is 3. The second kappa shape index (κ2) is 7.04. The second-order valence-corrected chi connectivity index (χ2v) is 5.09. The van der Waals surface area contributed by atoms with E-state index in [1.54, 1.807) is 0 Å². The van der Waals surface area contributed by atoms with Gasteiger partial charge in [-0.25, -0.2) is 0 Å². The second-order valence-electron chi connectivity index (χ2n) is 5.09. The molecular formula is C16H22N4O. The molecule has 1 heterocycles. The molecule has 21 heavy (non-hydrogen) atoms. The van der Waals surface area contributed by atoms with Crippen molar-refractivity contribution in [3.63, 3.8) is 0 Å². The Labute approximate surface area is 125 Å². The van der Waals surface area contributed by atoms with Crippen LogP contribution in [0.3, 0.4) is 0 Å². The Balaban J connectivity index is 1.83. The van der Waals surface area contributed by atoms with E-state index in [1.807, 2.05) is 49.1 Å². The first-order chi connectivity index (χ1) is 10.1. The van der Waals surface area contributed by atoms with Gasteiger partial charge in [0.15, 0.2) is 0 Å². The van der Waals surface area contributed by atoms with Crippen molar-refractivity contribution >= 4 is 11.6 Å². The highest BCUT2D eigenvalue weighted by Gasteiger charge is 2.07. The third-order valence-electron chi connectivity index (χ3n) is 3.35. The maximum atomic E-state index is 11.9. The first-order valence-electron chi connectivity index (χ1n) is 7.17. The molecule has 112 valence electrons. The third-order valence-corrected chi connectivity index (χ3v) is 3.35. The molecule has 0 unspecified atom stereocenters. The van der Waals surface area contributed by atoms with Gasteiger partial charge < -0.3 is 10.6 Å². The third kappa shape index (κ3) is 4.16. The van der Waals surface area contributed by atoms with Gasteiger partial charge in [-0.1, -0.05) is 25.1 Å². The summed E-state index contributed by atoms with van der Waals surface area (Å²) in [7, 11) is 1.91. The minimum atomic E-state index is -0.0359. The summed E-state index contributed by atoms with van der Waals surface area (Å²) in [6, 6.07) is 7.76. The average Bonchev–Trinajstić information content (AvgIpc) is 2.81. The Morgan fingerprint density at radius 3 is 2.81 bits per heavy atom. The van der Waals surface area contributed by atoms with Crippen molar-refractivity contribution in [1.82, 2.24) is 15.1 Å². The molecular weight excluding hydrogens is 264 g/mol. The van der Waals surface area contributed by atoms with Crippen LogP contribution in [0.4, 0.5) is 5.69 Å². The molecule has 0 aliphatic rings. The summed E-state index contributed by atoms with van der Waals surface area (Å²) < 4.78 is 1.81. The standard InChI is InChI=1S/C16H22N4O/c1-4-14-13(11-20(3)19-14)9-17-10-16(21)18-15-8-6-5-7-12(15)2/h5-8,11,17H,4,9-10H2,1-3H3,(H,18,21). The van der Waals surface area contributed by atoms with Crippen molar-refractivity contribution in [1.29, 1.82) is 0 Å². The van der Waals surface area contributed by atoms with Crippen LogP contribution in [-0.2, 0) is 24.8 Å². The molecule has 1 aromatic heterocycles. The Morgan fingerprint density at radius 1 is 1.33 bits per heavy atom. The molecule has 0 saturated heterocycles. The summed E-state index contributed by atoms with van der Waals surface area (Å²) in [6.07, 6.45) is 2.89. The van der Waals surface area contributed by atoms with Crippen LogP contribution >= 0.6 is 0 Å². The van der Waals surface area contributed by atoms with Crippen LogP contribution in [0.25, 0.3) is 0 Å². The van der Waals surface area contributed by atoms with E-state index in [-0.39, 0.29) is 12.5 Å². The van der Waals surface area contributed by atoms with Gasteiger partial charge in [-0.2, -0.15) is 5.10 Å². The molecule has 2 aromatic rings. The molecule has 5 heteroatoms. The zero-order valence-electron chi connectivity index (χ0n) is 12.8. The lowest BCUT2D eigenvalue weighted by Crippen LogP contribution is -2.28. The number of anilines is 1. The largest absolute Gasteiger partial charge is 0.325 e. The first kappa shape index (κ1) is 15.3. The Morgan fingerprint density at radius 2 is 2.10 bits per heavy atom. The SMILES string of the molecule is CCc1nn(C)cc1CNCC(=O)Nc1ccccc1C. The number of carbonyl (C=O) groups is 1. The Hall–Kier alpha value is -2.14. The first-order valence-corrected chi connectivity index (χ1v) is 7.17. The molecule has 0 spiro atoms. The number of para-hydroxylation sites is 1. The highest BCUT2D eigenvalue weighted by atomic mass is 16.1. The predicted octanol–water partition coefficient (Wildman–Crippen LogP) is 2.02. The van der Waals surface area contributed by atoms with E-state index in [0.29, 0.717) is 6.54 Å². The van der Waals surface area contributed by atoms with Crippen molar-refractivity contribution in [2.75, 3.05) is 11.9 Å². The van der Waals surface area contributed by atoms with Crippen molar-refractivity contribution in [3.8, 4) is 0 Å². The Kier molecular flexibility index (Phi) is 5.11. The topological polar surface area (TPSA) is 59.0 Å². The lowest BCUT2D eigenvalue weighted by molar-refractivity contribution is -0.115. The molecule has 0 aliphatic carbocycles. The van der Waals surface area contributed by atoms with Crippen LogP contribution in [0.5, 0.6) is 0 Å². The highest BCUT2D eigenvalue weighted by Crippen LogP contribution is 2.12. The van der Waals surface area contributed by atoms with Gasteiger partial charge >= 0.3 is 0 Å². The molecule has 0 radical (unpaired) electrons. The molecule has 0 saturated carbocycles. The number of nitrogens with one attached hydrogen (secondary N) is 2. The van der Waals surface area contributed by atoms with Gasteiger partial charge in [-0.15, -0.1) is 0 Å². The lowest BCUT2D eigenvalue weighted by atomic mass is 10.2. The van der Waals surface area contributed by atoms with Crippen molar-refractivity contribution in [2.24, 2.45) is 7.05 Å². The smallest absolute Gasteiger partial charge is 0.238 e. The number of rotatable bonds is 6. The summed E-state index contributed by atoms with van der Waals surface area (Å²) in [5, 5.41) is 10.5. The summed E-state index contributed by atoms with van der Waals surface area (Å²) in [5.41, 5.74) is 4.14. The average molecular weight is 286 g/mol. The predicted molar refractivity (Wildman–Crippen MR) is 84.1 cm³/mol. The number of carbonyl (C=O) groups excluding carboxylic acids is 1.